The number of benzene rings is 2. The van der Waals surface area contributed by atoms with E-state index in [0.717, 1.165) is 37.8 Å². The van der Waals surface area contributed by atoms with E-state index in [1.165, 1.54) is 0 Å². The standard InChI is InChI=1S/C34H54O4S2/c1-30(2,3)24-15-22(16-25(28(24)37)31(4,5)6)39-34(13,14)40-23-17-26(32(7,8)9)29(38-20-21(36)19-35)27(18-23)33(10,11)12/h15-18,21,35-37H,19-20H2,1-14H3. The number of phenolic OH excluding ortho intramolecular Hbond substituents is 1. The van der Waals surface area contributed by atoms with Crippen LogP contribution in [0.2, 0.25) is 0 Å². The van der Waals surface area contributed by atoms with Gasteiger partial charge in [-0.05, 0) is 59.8 Å². The van der Waals surface area contributed by atoms with Gasteiger partial charge in [-0.3, -0.25) is 0 Å². The molecule has 0 aromatic heterocycles. The van der Waals surface area contributed by atoms with Crippen LogP contribution in [0.5, 0.6) is 11.5 Å². The van der Waals surface area contributed by atoms with Gasteiger partial charge in [0.1, 0.15) is 24.2 Å². The average molecular weight is 591 g/mol. The van der Waals surface area contributed by atoms with Crippen LogP contribution >= 0.6 is 23.5 Å². The molecular weight excluding hydrogens is 537 g/mol. The highest BCUT2D eigenvalue weighted by Crippen LogP contribution is 2.51. The van der Waals surface area contributed by atoms with Crippen LogP contribution in [0.25, 0.3) is 0 Å². The van der Waals surface area contributed by atoms with Gasteiger partial charge in [0.2, 0.25) is 0 Å². The molecule has 1 unspecified atom stereocenters. The maximum Gasteiger partial charge on any atom is 0.126 e. The minimum Gasteiger partial charge on any atom is -0.507 e. The van der Waals surface area contributed by atoms with Gasteiger partial charge in [0.25, 0.3) is 0 Å². The summed E-state index contributed by atoms with van der Waals surface area (Å²) in [7, 11) is 0. The molecule has 0 aliphatic heterocycles. The zero-order valence-electron chi connectivity index (χ0n) is 27.4. The Balaban J connectivity index is 2.61. The van der Waals surface area contributed by atoms with Crippen LogP contribution in [0.1, 0.15) is 119 Å². The fourth-order valence-corrected chi connectivity index (χ4v) is 7.15. The Bertz CT molecular complexity index is 1100. The third kappa shape index (κ3) is 9.08. The molecule has 0 aliphatic rings. The molecule has 0 aliphatic carbocycles. The van der Waals surface area contributed by atoms with Gasteiger partial charge < -0.3 is 20.1 Å². The number of aromatic hydroxyl groups is 1. The van der Waals surface area contributed by atoms with Gasteiger partial charge in [0.05, 0.1) is 10.7 Å². The molecule has 3 N–H and O–H groups in total. The molecule has 226 valence electrons. The van der Waals surface area contributed by atoms with Crippen molar-refractivity contribution in [2.24, 2.45) is 0 Å². The number of aliphatic hydroxyl groups is 2. The lowest BCUT2D eigenvalue weighted by atomic mass is 9.79. The molecule has 2 aromatic rings. The summed E-state index contributed by atoms with van der Waals surface area (Å²) in [5, 5.41) is 30.6. The smallest absolute Gasteiger partial charge is 0.126 e. The van der Waals surface area contributed by atoms with Crippen LogP contribution in [0.3, 0.4) is 0 Å². The Labute approximate surface area is 252 Å². The molecule has 6 heteroatoms. The molecule has 0 spiro atoms. The van der Waals surface area contributed by atoms with E-state index in [2.05, 4.69) is 121 Å². The molecule has 0 amide bonds. The number of phenols is 1. The number of rotatable bonds is 8. The summed E-state index contributed by atoms with van der Waals surface area (Å²) >= 11 is 3.64. The fourth-order valence-electron chi connectivity index (χ4n) is 4.56. The molecule has 0 bridgehead atoms. The van der Waals surface area contributed by atoms with Crippen LogP contribution in [0, 0.1) is 0 Å². The summed E-state index contributed by atoms with van der Waals surface area (Å²) in [6.07, 6.45) is -0.925. The number of hydrogen-bond acceptors (Lipinski definition) is 6. The molecule has 0 radical (unpaired) electrons. The second-order valence-electron chi connectivity index (χ2n) is 15.5. The van der Waals surface area contributed by atoms with E-state index in [4.69, 9.17) is 4.74 Å². The van der Waals surface area contributed by atoms with E-state index >= 15 is 0 Å². The summed E-state index contributed by atoms with van der Waals surface area (Å²) in [5.41, 5.74) is 3.38. The first kappa shape index (κ1) is 34.9. The van der Waals surface area contributed by atoms with Gasteiger partial charge in [0.15, 0.2) is 0 Å². The SMILES string of the molecule is CC(C)(Sc1cc(C(C)(C)C)c(O)c(C(C)(C)C)c1)Sc1cc(C(C)(C)C)c(OCC(O)CO)c(C(C)(C)C)c1. The molecule has 4 nitrogen and oxygen atoms in total. The van der Waals surface area contributed by atoms with Crippen molar-refractivity contribution in [3.63, 3.8) is 0 Å². The zero-order valence-corrected chi connectivity index (χ0v) is 29.0. The molecule has 0 saturated heterocycles. The van der Waals surface area contributed by atoms with Crippen LogP contribution < -0.4 is 4.74 Å². The second kappa shape index (κ2) is 12.1. The predicted molar refractivity (Wildman–Crippen MR) is 174 cm³/mol. The molecule has 40 heavy (non-hydrogen) atoms. The first-order valence-electron chi connectivity index (χ1n) is 14.2. The van der Waals surface area contributed by atoms with Gasteiger partial charge >= 0.3 is 0 Å². The highest BCUT2D eigenvalue weighted by atomic mass is 32.2. The topological polar surface area (TPSA) is 69.9 Å². The van der Waals surface area contributed by atoms with Gasteiger partial charge in [-0.1, -0.05) is 83.1 Å². The van der Waals surface area contributed by atoms with Crippen molar-refractivity contribution in [1.29, 1.82) is 0 Å². The second-order valence-corrected chi connectivity index (χ2v) is 19.1. The maximum atomic E-state index is 11.2. The maximum absolute atomic E-state index is 11.2. The summed E-state index contributed by atoms with van der Waals surface area (Å²) in [5.74, 6) is 1.20. The Morgan fingerprint density at radius 1 is 0.625 bits per heavy atom. The third-order valence-corrected chi connectivity index (χ3v) is 9.16. The lowest BCUT2D eigenvalue weighted by molar-refractivity contribution is 0.0523. The number of thioether (sulfide) groups is 2. The average Bonchev–Trinajstić information content (AvgIpc) is 2.75. The highest BCUT2D eigenvalue weighted by molar-refractivity contribution is 8.18. The third-order valence-electron chi connectivity index (χ3n) is 6.74. The fraction of sp³-hybridized carbons (Fsp3) is 0.647. The number of hydrogen-bond donors (Lipinski definition) is 3. The van der Waals surface area contributed by atoms with E-state index in [1.54, 1.807) is 0 Å². The molecule has 2 aromatic carbocycles. The predicted octanol–water partition coefficient (Wildman–Crippen LogP) is 8.93. The van der Waals surface area contributed by atoms with Crippen molar-refractivity contribution >= 4 is 23.5 Å². The number of aliphatic hydroxyl groups excluding tert-OH is 2. The molecule has 1 atom stereocenters. The normalized spacial score (nSPS) is 14.4. The van der Waals surface area contributed by atoms with Crippen molar-refractivity contribution < 1.29 is 20.1 Å². The van der Waals surface area contributed by atoms with Crippen LogP contribution in [-0.4, -0.2) is 38.7 Å². The van der Waals surface area contributed by atoms with E-state index < -0.39 is 6.10 Å². The van der Waals surface area contributed by atoms with Crippen molar-refractivity contribution in [2.75, 3.05) is 13.2 Å². The Morgan fingerprint density at radius 2 is 0.950 bits per heavy atom. The molecule has 0 heterocycles. The van der Waals surface area contributed by atoms with Crippen molar-refractivity contribution in [3.8, 4) is 11.5 Å². The highest BCUT2D eigenvalue weighted by Gasteiger charge is 2.32. The van der Waals surface area contributed by atoms with Crippen LogP contribution in [-0.2, 0) is 21.7 Å². The van der Waals surface area contributed by atoms with Gasteiger partial charge in [-0.25, -0.2) is 0 Å². The van der Waals surface area contributed by atoms with Gasteiger partial charge in [-0.15, -0.1) is 23.5 Å². The molecule has 0 saturated carbocycles. The van der Waals surface area contributed by atoms with Gasteiger partial charge in [0, 0.05) is 32.0 Å². The van der Waals surface area contributed by atoms with E-state index in [0.29, 0.717) is 5.75 Å². The van der Waals surface area contributed by atoms with E-state index in [9.17, 15) is 15.3 Å². The minimum absolute atomic E-state index is 0.0452. The Morgan fingerprint density at radius 3 is 1.25 bits per heavy atom. The van der Waals surface area contributed by atoms with Crippen molar-refractivity contribution in [1.82, 2.24) is 0 Å². The monoisotopic (exact) mass is 590 g/mol. The lowest BCUT2D eigenvalue weighted by Gasteiger charge is -2.33. The van der Waals surface area contributed by atoms with Crippen LogP contribution in [0.4, 0.5) is 0 Å². The first-order valence-corrected chi connectivity index (χ1v) is 15.9. The summed E-state index contributed by atoms with van der Waals surface area (Å²) in [6.45, 7) is 30.2. The Hall–Kier alpha value is -1.34. The summed E-state index contributed by atoms with van der Waals surface area (Å²) in [4.78, 5) is 2.31. The van der Waals surface area contributed by atoms with Gasteiger partial charge in [-0.2, -0.15) is 0 Å². The molecule has 0 fully saturated rings. The lowest BCUT2D eigenvalue weighted by Crippen LogP contribution is -2.25. The summed E-state index contributed by atoms with van der Waals surface area (Å²) < 4.78 is 6.00. The molecule has 2 rings (SSSR count). The minimum atomic E-state index is -0.925. The first-order chi connectivity index (χ1) is 17.9. The van der Waals surface area contributed by atoms with Crippen molar-refractivity contribution in [2.45, 2.75) is 139 Å². The van der Waals surface area contributed by atoms with Crippen LogP contribution in [0.15, 0.2) is 34.1 Å². The molecular formula is C34H54O4S2. The number of ether oxygens (including phenoxy) is 1. The largest absolute Gasteiger partial charge is 0.507 e. The summed E-state index contributed by atoms with van der Waals surface area (Å²) in [6, 6.07) is 8.76. The van der Waals surface area contributed by atoms with Crippen molar-refractivity contribution in [3.05, 3.63) is 46.5 Å². The quantitative estimate of drug-likeness (QED) is 0.211. The van der Waals surface area contributed by atoms with E-state index in [1.807, 2.05) is 23.5 Å². The Kier molecular flexibility index (Phi) is 10.5. The zero-order chi connectivity index (χ0) is 31.1. The van der Waals surface area contributed by atoms with E-state index in [-0.39, 0.29) is 39.0 Å².